The predicted octanol–water partition coefficient (Wildman–Crippen LogP) is -15.6. The van der Waals surface area contributed by atoms with Gasteiger partial charge in [-0.05, 0) is 0 Å². The number of ether oxygens (including phenoxy) is 13. The molecule has 0 aromatic carbocycles. The molecule has 7 saturated heterocycles. The molecular weight excluding hydrogens is 1240 g/mol. The Kier molecular flexibility index (Phi) is 25.0. The molecule has 0 aromatic rings. The number of rotatable bonds is 22. The maximum atomic E-state index is 13.4. The van der Waals surface area contributed by atoms with Crippen LogP contribution >= 0.6 is 0 Å². The van der Waals surface area contributed by atoms with Crippen LogP contribution in [0.2, 0.25) is 0 Å². The van der Waals surface area contributed by atoms with Gasteiger partial charge in [-0.1, -0.05) is 0 Å². The Labute approximate surface area is 505 Å². The van der Waals surface area contributed by atoms with E-state index in [0.717, 1.165) is 20.8 Å². The van der Waals surface area contributed by atoms with Gasteiger partial charge in [-0.25, -0.2) is 14.4 Å². The Morgan fingerprint density at radius 1 is 0.300 bits per heavy atom. The van der Waals surface area contributed by atoms with Gasteiger partial charge in [0.15, 0.2) is 62.3 Å². The molecule has 516 valence electrons. The lowest BCUT2D eigenvalue weighted by Gasteiger charge is -2.51. The van der Waals surface area contributed by atoms with Crippen LogP contribution in [0.15, 0.2) is 0 Å². The van der Waals surface area contributed by atoms with Crippen molar-refractivity contribution in [1.82, 2.24) is 16.0 Å². The molecule has 3 amide bonds. The van der Waals surface area contributed by atoms with Crippen LogP contribution in [0.4, 0.5) is 0 Å². The van der Waals surface area contributed by atoms with E-state index in [1.54, 1.807) is 0 Å². The Bertz CT molecular complexity index is 2440. The second-order valence-corrected chi connectivity index (χ2v) is 21.9. The maximum absolute atomic E-state index is 13.4. The number of carbonyl (C=O) groups is 6. The molecule has 0 aromatic heterocycles. The maximum Gasteiger partial charge on any atom is 0.335 e. The number of carboxylic acid groups (broad SMARTS) is 3. The van der Waals surface area contributed by atoms with E-state index < -0.39 is 277 Å². The summed E-state index contributed by atoms with van der Waals surface area (Å²) >= 11 is 0. The minimum Gasteiger partial charge on any atom is -0.479 e. The van der Waals surface area contributed by atoms with E-state index in [4.69, 9.17) is 61.6 Å². The molecule has 0 aliphatic carbocycles. The molecule has 7 aliphatic heterocycles. The number of hydrogen-bond acceptors (Lipinski definition) is 36. The first kappa shape index (κ1) is 73.0. The van der Waals surface area contributed by atoms with Crippen molar-refractivity contribution < 1.29 is 192 Å². The summed E-state index contributed by atoms with van der Waals surface area (Å²) in [6.07, 6.45) is -75.4. The summed E-state index contributed by atoms with van der Waals surface area (Å²) in [6, 6.07) is -5.66. The van der Waals surface area contributed by atoms with Crippen LogP contribution in [-0.2, 0) is 90.3 Å². The third-order valence-corrected chi connectivity index (χ3v) is 15.7. The fourth-order valence-electron chi connectivity index (χ4n) is 11.1. The number of amides is 3. The van der Waals surface area contributed by atoms with Gasteiger partial charge in [0.1, 0.15) is 152 Å². The second-order valence-electron chi connectivity index (χ2n) is 21.9. The number of hydrogen-bond donors (Lipinski definition) is 23. The van der Waals surface area contributed by atoms with Crippen molar-refractivity contribution in [3.63, 3.8) is 0 Å². The summed E-state index contributed by atoms with van der Waals surface area (Å²) in [5.74, 6) is -9.16. The highest BCUT2D eigenvalue weighted by molar-refractivity contribution is 5.75. The Balaban J connectivity index is 1.33. The Morgan fingerprint density at radius 3 is 0.867 bits per heavy atom. The smallest absolute Gasteiger partial charge is 0.335 e. The van der Waals surface area contributed by atoms with Crippen molar-refractivity contribution in [2.24, 2.45) is 0 Å². The molecule has 0 radical (unpaired) electrons. The lowest BCUT2D eigenvalue weighted by atomic mass is 9.94. The number of nitrogens with one attached hydrogen (secondary N) is 3. The molecule has 7 fully saturated rings. The first-order valence-electron chi connectivity index (χ1n) is 27.6. The standard InChI is InChI=1S/C48H75N3O39/c1-8(56)49-15-22(63)18(59)12(5-53)79-43(15)82-30-26(67)27(68)46(88-36(30)39(71)72)86-34-28(69)31(83-44-16(50-9(2)57)23(64)19(60)13(6-54)80-44)38(41(75)76)90-48(34)87-35-29(70)32(84-45-17(51-10(3)58)24(65)20(61)14(7-55)81-45)37(40(73)74)89-47(35)85-33-25(66)21(62)11(4-52)78-42(33)77/h11-38,42-48,52-55,59-70,77H,4-7H2,1-3H3,(H,49,56)(H,50,57)(H,51,58)(H,71,72)(H,73,74)(H,75,76)/t11-,12-,13-,14-,15-,16-,17-,18-,19-,20-,21+,22-,23-,24-,25+,26-,27-,28+,29+,30+,31+,32+,33-,34-,35-,36+,37+,38+,42?,43-,44-,45-,46+,47+,48+/m1/s1. The minimum absolute atomic E-state index is 0.900. The lowest BCUT2D eigenvalue weighted by molar-refractivity contribution is -0.412. The highest BCUT2D eigenvalue weighted by Gasteiger charge is 2.62. The van der Waals surface area contributed by atoms with Gasteiger partial charge in [-0.15, -0.1) is 0 Å². The van der Waals surface area contributed by atoms with E-state index in [9.17, 15) is 131 Å². The van der Waals surface area contributed by atoms with Crippen molar-refractivity contribution >= 4 is 35.6 Å². The third-order valence-electron chi connectivity index (χ3n) is 15.7. The zero-order chi connectivity index (χ0) is 66.8. The zero-order valence-corrected chi connectivity index (χ0v) is 47.2. The first-order chi connectivity index (χ1) is 42.3. The molecular formula is C48H75N3O39. The molecule has 0 bridgehead atoms. The second kappa shape index (κ2) is 30.8. The highest BCUT2D eigenvalue weighted by atomic mass is 16.8. The summed E-state index contributed by atoms with van der Waals surface area (Å²) < 4.78 is 74.0. The van der Waals surface area contributed by atoms with Crippen molar-refractivity contribution in [1.29, 1.82) is 0 Å². The monoisotopic (exact) mass is 1320 g/mol. The normalized spacial score (nSPS) is 47.5. The molecule has 42 nitrogen and oxygen atoms in total. The third kappa shape index (κ3) is 15.5. The van der Waals surface area contributed by atoms with Gasteiger partial charge in [0.2, 0.25) is 17.7 Å². The van der Waals surface area contributed by atoms with Crippen LogP contribution in [0.3, 0.4) is 0 Å². The molecule has 0 saturated carbocycles. The van der Waals surface area contributed by atoms with Crippen LogP contribution < -0.4 is 16.0 Å². The average Bonchev–Trinajstić information content (AvgIpc) is 0.786. The Hall–Kier alpha value is -4.38. The molecule has 1 unspecified atom stereocenters. The van der Waals surface area contributed by atoms with E-state index in [0.29, 0.717) is 0 Å². The minimum atomic E-state index is -2.86. The summed E-state index contributed by atoms with van der Waals surface area (Å²) in [5, 5.41) is 225. The summed E-state index contributed by atoms with van der Waals surface area (Å²) in [7, 11) is 0. The van der Waals surface area contributed by atoms with E-state index in [1.807, 2.05) is 0 Å². The van der Waals surface area contributed by atoms with Crippen molar-refractivity contribution in [3.05, 3.63) is 0 Å². The molecule has 7 rings (SSSR count). The number of aliphatic carboxylic acids is 3. The van der Waals surface area contributed by atoms with Gasteiger partial charge in [-0.3, -0.25) is 14.4 Å². The largest absolute Gasteiger partial charge is 0.479 e. The molecule has 42 heteroatoms. The topological polar surface area (TPSA) is 663 Å². The molecule has 0 spiro atoms. The van der Waals surface area contributed by atoms with E-state index in [1.165, 1.54) is 0 Å². The average molecular weight is 1320 g/mol. The van der Waals surface area contributed by atoms with Gasteiger partial charge in [0.25, 0.3) is 0 Å². The van der Waals surface area contributed by atoms with Crippen LogP contribution in [0, 0.1) is 0 Å². The fourth-order valence-corrected chi connectivity index (χ4v) is 11.1. The summed E-state index contributed by atoms with van der Waals surface area (Å²) in [5.41, 5.74) is 0. The van der Waals surface area contributed by atoms with Crippen LogP contribution in [0.1, 0.15) is 20.8 Å². The molecule has 90 heavy (non-hydrogen) atoms. The summed E-state index contributed by atoms with van der Waals surface area (Å²) in [6.45, 7) is -1.53. The van der Waals surface area contributed by atoms with E-state index >= 15 is 0 Å². The lowest BCUT2D eigenvalue weighted by Crippen LogP contribution is -2.71. The molecule has 23 N–H and O–H groups in total. The fraction of sp³-hybridized carbons (Fsp3) is 0.875. The number of carbonyl (C=O) groups excluding carboxylic acids is 3. The van der Waals surface area contributed by atoms with E-state index in [-0.39, 0.29) is 0 Å². The van der Waals surface area contributed by atoms with E-state index in [2.05, 4.69) is 16.0 Å². The highest BCUT2D eigenvalue weighted by Crippen LogP contribution is 2.40. The number of aliphatic hydroxyl groups is 17. The van der Waals surface area contributed by atoms with Gasteiger partial charge >= 0.3 is 17.9 Å². The van der Waals surface area contributed by atoms with Crippen molar-refractivity contribution in [3.8, 4) is 0 Å². The van der Waals surface area contributed by atoms with Crippen LogP contribution in [0.25, 0.3) is 0 Å². The van der Waals surface area contributed by atoms with Crippen LogP contribution in [0.5, 0.6) is 0 Å². The molecule has 7 aliphatic rings. The SMILES string of the molecule is CC(=O)N[C@H]1[C@@H](O[C@H]2[C@H](O)[C@@H](O)[C@@H](O[C@H]3[C@@H](O[C@H]4[C@@H](O[C@H]5C(O)O[C@H](CO)[C@H](O)[C@@H]5O)O[C@H](C(=O)O)[C@@H](O[C@H]5O[C@H](CO)[C@@H](O)[C@H](O)[C@H]5NC(C)=O)[C@@H]4O)O[C@H](C(=O)O)[C@@H](O[C@H]4O[C@H](CO)[C@@H](O)[C@H](O)[C@H]4NC(C)=O)[C@@H]3O)O[C@@H]2C(=O)O)O[C@H](CO)[C@@H](O)[C@@H]1O. The quantitative estimate of drug-likeness (QED) is 0.0479. The molecule has 35 atom stereocenters. The van der Waals surface area contributed by atoms with Crippen molar-refractivity contribution in [2.75, 3.05) is 26.4 Å². The van der Waals surface area contributed by atoms with Gasteiger partial charge in [0, 0.05) is 20.8 Å². The molecule has 7 heterocycles. The van der Waals surface area contributed by atoms with Gasteiger partial charge in [0.05, 0.1) is 26.4 Å². The predicted molar refractivity (Wildman–Crippen MR) is 268 cm³/mol. The Morgan fingerprint density at radius 2 is 0.556 bits per heavy atom. The van der Waals surface area contributed by atoms with Gasteiger partial charge < -0.3 is 180 Å². The first-order valence-corrected chi connectivity index (χ1v) is 27.6. The zero-order valence-electron chi connectivity index (χ0n) is 47.2. The van der Waals surface area contributed by atoms with Crippen LogP contribution in [-0.4, -0.2) is 379 Å². The summed E-state index contributed by atoms with van der Waals surface area (Å²) in [4.78, 5) is 76.7. The van der Waals surface area contributed by atoms with Crippen molar-refractivity contribution in [2.45, 2.75) is 236 Å². The number of carboxylic acids is 3. The number of aliphatic hydroxyl groups excluding tert-OH is 17. The van der Waals surface area contributed by atoms with Gasteiger partial charge in [-0.2, -0.15) is 0 Å².